The SMILES string of the molecule is COc1ccc(C(C)Nc2nccnc2C)cc1OC. The van der Waals surface area contributed by atoms with Gasteiger partial charge in [0.25, 0.3) is 0 Å². The third-order valence-electron chi connectivity index (χ3n) is 3.14. The summed E-state index contributed by atoms with van der Waals surface area (Å²) in [6.07, 6.45) is 3.36. The fourth-order valence-electron chi connectivity index (χ4n) is 1.96. The minimum Gasteiger partial charge on any atom is -0.493 e. The smallest absolute Gasteiger partial charge is 0.161 e. The summed E-state index contributed by atoms with van der Waals surface area (Å²) in [4.78, 5) is 8.51. The predicted molar refractivity (Wildman–Crippen MR) is 78.4 cm³/mol. The molecule has 0 amide bonds. The van der Waals surface area contributed by atoms with Crippen LogP contribution in [0.5, 0.6) is 11.5 Å². The molecule has 2 rings (SSSR count). The van der Waals surface area contributed by atoms with Crippen molar-refractivity contribution in [3.63, 3.8) is 0 Å². The molecule has 0 radical (unpaired) electrons. The van der Waals surface area contributed by atoms with E-state index >= 15 is 0 Å². The van der Waals surface area contributed by atoms with Gasteiger partial charge in [0.15, 0.2) is 11.5 Å². The third-order valence-corrected chi connectivity index (χ3v) is 3.14. The maximum absolute atomic E-state index is 5.32. The molecule has 5 nitrogen and oxygen atoms in total. The molecule has 0 aliphatic rings. The number of rotatable bonds is 5. The Balaban J connectivity index is 2.21. The van der Waals surface area contributed by atoms with Crippen LogP contribution >= 0.6 is 0 Å². The van der Waals surface area contributed by atoms with Gasteiger partial charge in [-0.2, -0.15) is 0 Å². The highest BCUT2D eigenvalue weighted by atomic mass is 16.5. The molecule has 0 saturated heterocycles. The van der Waals surface area contributed by atoms with Crippen molar-refractivity contribution in [3.05, 3.63) is 41.9 Å². The second kappa shape index (κ2) is 6.23. The van der Waals surface area contributed by atoms with E-state index in [0.717, 1.165) is 28.6 Å². The lowest BCUT2D eigenvalue weighted by atomic mass is 10.1. The number of anilines is 1. The number of aromatic nitrogens is 2. The summed E-state index contributed by atoms with van der Waals surface area (Å²) in [6, 6.07) is 5.95. The highest BCUT2D eigenvalue weighted by molar-refractivity contribution is 5.47. The van der Waals surface area contributed by atoms with Crippen LogP contribution < -0.4 is 14.8 Å². The van der Waals surface area contributed by atoms with Crippen LogP contribution in [0.3, 0.4) is 0 Å². The van der Waals surface area contributed by atoms with Crippen LogP contribution in [0.25, 0.3) is 0 Å². The van der Waals surface area contributed by atoms with Crippen LogP contribution in [-0.2, 0) is 0 Å². The largest absolute Gasteiger partial charge is 0.493 e. The number of hydrogen-bond acceptors (Lipinski definition) is 5. The molecule has 0 spiro atoms. The van der Waals surface area contributed by atoms with E-state index in [4.69, 9.17) is 9.47 Å². The maximum Gasteiger partial charge on any atom is 0.161 e. The molecule has 0 bridgehead atoms. The van der Waals surface area contributed by atoms with Gasteiger partial charge < -0.3 is 14.8 Å². The summed E-state index contributed by atoms with van der Waals surface area (Å²) in [6.45, 7) is 3.99. The summed E-state index contributed by atoms with van der Waals surface area (Å²) < 4.78 is 10.6. The van der Waals surface area contributed by atoms with Crippen molar-refractivity contribution in [2.24, 2.45) is 0 Å². The van der Waals surface area contributed by atoms with Gasteiger partial charge in [-0.05, 0) is 31.5 Å². The van der Waals surface area contributed by atoms with Crippen LogP contribution in [0.2, 0.25) is 0 Å². The van der Waals surface area contributed by atoms with Crippen molar-refractivity contribution >= 4 is 5.82 Å². The minimum atomic E-state index is 0.0882. The van der Waals surface area contributed by atoms with Gasteiger partial charge in [0.05, 0.1) is 26.0 Å². The molecule has 1 unspecified atom stereocenters. The van der Waals surface area contributed by atoms with Crippen LogP contribution in [0.4, 0.5) is 5.82 Å². The Morgan fingerprint density at radius 2 is 1.75 bits per heavy atom. The van der Waals surface area contributed by atoms with E-state index in [1.807, 2.05) is 25.1 Å². The minimum absolute atomic E-state index is 0.0882. The van der Waals surface area contributed by atoms with E-state index in [-0.39, 0.29) is 6.04 Å². The van der Waals surface area contributed by atoms with Crippen molar-refractivity contribution in [1.82, 2.24) is 9.97 Å². The number of aryl methyl sites for hydroxylation is 1. The molecule has 0 fully saturated rings. The van der Waals surface area contributed by atoms with E-state index in [0.29, 0.717) is 0 Å². The van der Waals surface area contributed by atoms with Crippen LogP contribution in [0, 0.1) is 6.92 Å². The van der Waals surface area contributed by atoms with Crippen LogP contribution in [-0.4, -0.2) is 24.2 Å². The second-order valence-electron chi connectivity index (χ2n) is 4.47. The lowest BCUT2D eigenvalue weighted by Gasteiger charge is -2.17. The number of methoxy groups -OCH3 is 2. The standard InChI is InChI=1S/C15H19N3O2/c1-10(18-15-11(2)16-7-8-17-15)12-5-6-13(19-3)14(9-12)20-4/h5-10H,1-4H3,(H,17,18). The van der Waals surface area contributed by atoms with Gasteiger partial charge in [-0.3, -0.25) is 4.98 Å². The van der Waals surface area contributed by atoms with Crippen molar-refractivity contribution in [1.29, 1.82) is 0 Å². The fraction of sp³-hybridized carbons (Fsp3) is 0.333. The molecule has 1 atom stereocenters. The predicted octanol–water partition coefficient (Wildman–Crippen LogP) is 2.98. The Morgan fingerprint density at radius 1 is 1.05 bits per heavy atom. The first kappa shape index (κ1) is 14.1. The average Bonchev–Trinajstić information content (AvgIpc) is 2.48. The first-order valence-corrected chi connectivity index (χ1v) is 6.41. The molecular weight excluding hydrogens is 254 g/mol. The van der Waals surface area contributed by atoms with Gasteiger partial charge in [0, 0.05) is 12.4 Å². The molecule has 20 heavy (non-hydrogen) atoms. The molecule has 1 aromatic carbocycles. The van der Waals surface area contributed by atoms with Crippen molar-refractivity contribution in [2.75, 3.05) is 19.5 Å². The summed E-state index contributed by atoms with van der Waals surface area (Å²) in [5.41, 5.74) is 1.97. The first-order chi connectivity index (χ1) is 9.65. The zero-order chi connectivity index (χ0) is 14.5. The second-order valence-corrected chi connectivity index (χ2v) is 4.47. The Kier molecular flexibility index (Phi) is 4.40. The lowest BCUT2D eigenvalue weighted by Crippen LogP contribution is -2.10. The van der Waals surface area contributed by atoms with Crippen LogP contribution in [0.15, 0.2) is 30.6 Å². The monoisotopic (exact) mass is 273 g/mol. The Bertz CT molecular complexity index is 587. The molecular formula is C15H19N3O2. The van der Waals surface area contributed by atoms with Gasteiger partial charge in [0.1, 0.15) is 5.82 Å². The van der Waals surface area contributed by atoms with E-state index in [9.17, 15) is 0 Å². The number of benzene rings is 1. The van der Waals surface area contributed by atoms with Crippen LogP contribution in [0.1, 0.15) is 24.2 Å². The topological polar surface area (TPSA) is 56.3 Å². The highest BCUT2D eigenvalue weighted by Gasteiger charge is 2.11. The Morgan fingerprint density at radius 3 is 2.40 bits per heavy atom. The van der Waals surface area contributed by atoms with Crippen molar-refractivity contribution in [3.8, 4) is 11.5 Å². The highest BCUT2D eigenvalue weighted by Crippen LogP contribution is 2.30. The molecule has 106 valence electrons. The van der Waals surface area contributed by atoms with Gasteiger partial charge in [0.2, 0.25) is 0 Å². The summed E-state index contributed by atoms with van der Waals surface area (Å²) in [7, 11) is 3.26. The first-order valence-electron chi connectivity index (χ1n) is 6.41. The van der Waals surface area contributed by atoms with Gasteiger partial charge in [-0.15, -0.1) is 0 Å². The van der Waals surface area contributed by atoms with Gasteiger partial charge in [-0.25, -0.2) is 4.98 Å². The quantitative estimate of drug-likeness (QED) is 0.907. The zero-order valence-corrected chi connectivity index (χ0v) is 12.2. The van der Waals surface area contributed by atoms with E-state index in [1.54, 1.807) is 26.6 Å². The summed E-state index contributed by atoms with van der Waals surface area (Å²) in [5.74, 6) is 2.23. The third kappa shape index (κ3) is 2.99. The number of nitrogens with zero attached hydrogens (tertiary/aromatic N) is 2. The Labute approximate surface area is 119 Å². The number of hydrogen-bond donors (Lipinski definition) is 1. The molecule has 0 saturated carbocycles. The van der Waals surface area contributed by atoms with E-state index in [1.165, 1.54) is 0 Å². The average molecular weight is 273 g/mol. The number of nitrogens with one attached hydrogen (secondary N) is 1. The molecule has 2 aromatic rings. The molecule has 0 aliphatic carbocycles. The molecule has 0 aliphatic heterocycles. The molecule has 1 N–H and O–H groups in total. The Hall–Kier alpha value is -2.30. The molecule has 5 heteroatoms. The summed E-state index contributed by atoms with van der Waals surface area (Å²) in [5, 5.41) is 3.35. The number of ether oxygens (including phenoxy) is 2. The van der Waals surface area contributed by atoms with Crippen molar-refractivity contribution < 1.29 is 9.47 Å². The lowest BCUT2D eigenvalue weighted by molar-refractivity contribution is 0.354. The van der Waals surface area contributed by atoms with E-state index < -0.39 is 0 Å². The zero-order valence-electron chi connectivity index (χ0n) is 12.2. The van der Waals surface area contributed by atoms with Crippen molar-refractivity contribution in [2.45, 2.75) is 19.9 Å². The van der Waals surface area contributed by atoms with Gasteiger partial charge in [-0.1, -0.05) is 6.07 Å². The van der Waals surface area contributed by atoms with Gasteiger partial charge >= 0.3 is 0 Å². The maximum atomic E-state index is 5.32. The van der Waals surface area contributed by atoms with E-state index in [2.05, 4.69) is 22.2 Å². The molecule has 1 heterocycles. The normalized spacial score (nSPS) is 11.8. The fourth-order valence-corrected chi connectivity index (χ4v) is 1.96. The molecule has 1 aromatic heterocycles. The summed E-state index contributed by atoms with van der Waals surface area (Å²) >= 11 is 0.